The molecule has 0 amide bonds. The fourth-order valence-corrected chi connectivity index (χ4v) is 0. The predicted octanol–water partition coefficient (Wildman–Crippen LogP) is 1.38. The molecule has 0 unspecified atom stereocenters. The van der Waals surface area contributed by atoms with E-state index in [9.17, 15) is 26.3 Å². The molecule has 0 saturated heterocycles. The van der Waals surface area contributed by atoms with Gasteiger partial charge in [0.05, 0.1) is 0 Å². The van der Waals surface area contributed by atoms with Crippen molar-refractivity contribution in [2.75, 3.05) is 13.2 Å². The van der Waals surface area contributed by atoms with Gasteiger partial charge >= 0.3 is 33.4 Å². The summed E-state index contributed by atoms with van der Waals surface area (Å²) in [5.74, 6) is 0. The minimum absolute atomic E-state index is 0. The molecule has 0 atom stereocenters. The van der Waals surface area contributed by atoms with Crippen molar-refractivity contribution in [1.29, 1.82) is 0 Å². The Morgan fingerprint density at radius 1 is 0.800 bits per heavy atom. The van der Waals surface area contributed by atoms with E-state index in [1.807, 2.05) is 0 Å². The Hall–Kier alpha value is 0.174. The first-order valence-corrected chi connectivity index (χ1v) is 3.23. The zero-order chi connectivity index (χ0) is 12.4. The Bertz CT molecular complexity index is 115. The molecule has 3 nitrogen and oxygen atoms in total. The van der Waals surface area contributed by atoms with E-state index in [4.69, 9.17) is 13.9 Å². The molecule has 0 fully saturated rings. The maximum atomic E-state index is 10.5. The van der Waals surface area contributed by atoms with Crippen LogP contribution in [0.3, 0.4) is 0 Å². The molecule has 0 aromatic rings. The molecule has 2 N–H and O–H groups in total. The Morgan fingerprint density at radius 3 is 0.867 bits per heavy atom. The van der Waals surface area contributed by atoms with Crippen molar-refractivity contribution >= 4 is 12.4 Å². The number of aliphatic hydroxyl groups is 2. The number of aliphatic hydroxyl groups excluding tert-OH is 2. The summed E-state index contributed by atoms with van der Waals surface area (Å²) in [5, 5.41) is 14.6. The molecular weight excluding hydrogens is 296 g/mol. The second-order valence-electron chi connectivity index (χ2n) is 1.55. The van der Waals surface area contributed by atoms with Gasteiger partial charge < -0.3 is 10.2 Å². The molecule has 15 heavy (non-hydrogen) atoms. The van der Waals surface area contributed by atoms with Crippen LogP contribution in [0, 0.1) is 0 Å². The fraction of sp³-hybridized carbons (Fsp3) is 1.00. The topological polar surface area (TPSA) is 57.5 Å². The van der Waals surface area contributed by atoms with Crippen LogP contribution in [-0.4, -0.2) is 35.8 Å². The molecule has 11 heteroatoms. The van der Waals surface area contributed by atoms with Crippen molar-refractivity contribution in [2.45, 2.75) is 12.4 Å². The zero-order valence-corrected chi connectivity index (χ0v) is 9.05. The van der Waals surface area contributed by atoms with Crippen LogP contribution in [0.1, 0.15) is 0 Å². The molecule has 0 rings (SSSR count). The number of halogens is 7. The third-order valence-corrected chi connectivity index (χ3v) is 0.359. The van der Waals surface area contributed by atoms with Gasteiger partial charge in [-0.25, -0.2) is 0 Å². The quantitative estimate of drug-likeness (QED) is 0.665. The predicted molar refractivity (Wildman–Crippen MR) is 34.2 cm³/mol. The third-order valence-electron chi connectivity index (χ3n) is 0.359. The molecule has 0 radical (unpaired) electrons. The van der Waals surface area contributed by atoms with Crippen LogP contribution in [0.15, 0.2) is 0 Å². The van der Waals surface area contributed by atoms with Gasteiger partial charge in [0.1, 0.15) is 13.2 Å². The van der Waals surface area contributed by atoms with Crippen molar-refractivity contribution in [3.63, 3.8) is 0 Å². The van der Waals surface area contributed by atoms with Crippen molar-refractivity contribution in [3.8, 4) is 0 Å². The standard InChI is InChI=1S/2C2H3F3O.ClH.O.V/c2*3-2(4,5)1-6;;;/h2*6H,1H2;1H;;. The summed E-state index contributed by atoms with van der Waals surface area (Å²) in [6.07, 6.45) is -8.81. The summed E-state index contributed by atoms with van der Waals surface area (Å²) in [4.78, 5) is 0. The molecule has 0 aliphatic rings. The average Bonchev–Trinajstić information content (AvgIpc) is 2.07. The van der Waals surface area contributed by atoms with Gasteiger partial charge in [-0.2, -0.15) is 26.3 Å². The molecule has 0 aromatic heterocycles. The van der Waals surface area contributed by atoms with Gasteiger partial charge in [-0.1, -0.05) is 0 Å². The fourth-order valence-electron chi connectivity index (χ4n) is 0. The minimum atomic E-state index is -4.40. The van der Waals surface area contributed by atoms with Crippen LogP contribution in [-0.2, 0) is 21.0 Å². The molecule has 0 bridgehead atoms. The summed E-state index contributed by atoms with van der Waals surface area (Å²) in [6.45, 7) is -3.46. The Kier molecular flexibility index (Phi) is 19.9. The average molecular weight is 303 g/mol. The molecule has 0 spiro atoms. The molecule has 0 aromatic carbocycles. The molecule has 0 saturated carbocycles. The second-order valence-corrected chi connectivity index (χ2v) is 1.55. The van der Waals surface area contributed by atoms with Crippen molar-refractivity contribution in [2.24, 2.45) is 0 Å². The van der Waals surface area contributed by atoms with Gasteiger partial charge in [0.25, 0.3) is 0 Å². The van der Waals surface area contributed by atoms with E-state index < -0.39 is 25.6 Å². The maximum absolute atomic E-state index is 10.5. The summed E-state index contributed by atoms with van der Waals surface area (Å²) in [6, 6.07) is 0. The molecule has 95 valence electrons. The first-order chi connectivity index (χ1) is 6.12. The van der Waals surface area contributed by atoms with E-state index in [0.717, 1.165) is 17.4 Å². The van der Waals surface area contributed by atoms with Crippen molar-refractivity contribution in [3.05, 3.63) is 0 Å². The Labute approximate surface area is 96.1 Å². The number of hydrogen-bond acceptors (Lipinski definition) is 3. The Morgan fingerprint density at radius 2 is 0.867 bits per heavy atom. The number of alkyl halides is 6. The van der Waals surface area contributed by atoms with E-state index in [2.05, 4.69) is 0 Å². The summed E-state index contributed by atoms with van der Waals surface area (Å²) in [7, 11) is 0. The first-order valence-electron chi connectivity index (χ1n) is 2.66. The molecule has 0 heterocycles. The van der Waals surface area contributed by atoms with Crippen LogP contribution in [0.4, 0.5) is 26.3 Å². The van der Waals surface area contributed by atoms with E-state index in [0.29, 0.717) is 0 Å². The van der Waals surface area contributed by atoms with Crippen LogP contribution in [0.5, 0.6) is 0 Å². The van der Waals surface area contributed by atoms with Gasteiger partial charge in [-0.3, -0.25) is 0 Å². The number of hydrogen-bond donors (Lipinski definition) is 2. The van der Waals surface area contributed by atoms with E-state index in [1.165, 1.54) is 0 Å². The third kappa shape index (κ3) is 55.1. The summed E-state index contributed by atoms with van der Waals surface area (Å²) < 4.78 is 71.4. The monoisotopic (exact) mass is 303 g/mol. The van der Waals surface area contributed by atoms with Gasteiger partial charge in [0, 0.05) is 0 Å². The van der Waals surface area contributed by atoms with E-state index in [-0.39, 0.29) is 12.4 Å². The summed E-state index contributed by atoms with van der Waals surface area (Å²) in [5.41, 5.74) is 0. The first kappa shape index (κ1) is 24.4. The van der Waals surface area contributed by atoms with Crippen LogP contribution >= 0.6 is 12.4 Å². The Balaban J connectivity index is -0.0000000653. The normalized spacial score (nSPS) is 9.80. The van der Waals surface area contributed by atoms with Crippen LogP contribution in [0.2, 0.25) is 0 Å². The van der Waals surface area contributed by atoms with E-state index in [1.54, 1.807) is 0 Å². The van der Waals surface area contributed by atoms with Crippen molar-refractivity contribution in [1.82, 2.24) is 0 Å². The number of rotatable bonds is 0. The molecule has 0 aliphatic heterocycles. The molecule has 0 aliphatic carbocycles. The van der Waals surface area contributed by atoms with Crippen LogP contribution in [0.25, 0.3) is 0 Å². The van der Waals surface area contributed by atoms with Crippen LogP contribution < -0.4 is 0 Å². The zero-order valence-electron chi connectivity index (χ0n) is 6.84. The summed E-state index contributed by atoms with van der Waals surface area (Å²) >= 11 is 1.06. The van der Waals surface area contributed by atoms with Crippen molar-refractivity contribution < 1.29 is 57.6 Å². The van der Waals surface area contributed by atoms with Gasteiger partial charge in [0.15, 0.2) is 0 Å². The van der Waals surface area contributed by atoms with E-state index >= 15 is 0 Å². The van der Waals surface area contributed by atoms with Gasteiger partial charge in [0.2, 0.25) is 0 Å². The second kappa shape index (κ2) is 12.2. The van der Waals surface area contributed by atoms with Gasteiger partial charge in [-0.15, -0.1) is 12.4 Å². The molecular formula is C4H7ClF6O3V. The SMILES string of the molecule is Cl.OCC(F)(F)F.OCC(F)(F)F.[O]=[V]. The van der Waals surface area contributed by atoms with Gasteiger partial charge in [-0.05, 0) is 0 Å².